The van der Waals surface area contributed by atoms with Gasteiger partial charge in [-0.25, -0.2) is 0 Å². The fourth-order valence-electron chi connectivity index (χ4n) is 9.07. The highest BCUT2D eigenvalue weighted by Gasteiger charge is 2.39. The van der Waals surface area contributed by atoms with Gasteiger partial charge in [0.05, 0.1) is 13.2 Å². The minimum Gasteiger partial charge on any atom is -0.466 e. The van der Waals surface area contributed by atoms with Crippen molar-refractivity contribution in [2.75, 3.05) is 13.2 Å². The molecule has 0 bridgehead atoms. The molecule has 0 aromatic heterocycles. The second kappa shape index (κ2) is 23.2. The van der Waals surface area contributed by atoms with Crippen LogP contribution in [0.1, 0.15) is 155 Å². The summed E-state index contributed by atoms with van der Waals surface area (Å²) < 4.78 is 39.5. The first-order chi connectivity index (χ1) is 32.0. The third-order valence-corrected chi connectivity index (χ3v) is 16.0. The Morgan fingerprint density at radius 1 is 0.576 bits per heavy atom. The Hall–Kier alpha value is -4.90. The molecule has 2 unspecified atom stereocenters. The second-order valence-electron chi connectivity index (χ2n) is 19.1. The van der Waals surface area contributed by atoms with Crippen molar-refractivity contribution in [2.45, 2.75) is 155 Å². The topological polar surface area (TPSA) is 89.5 Å². The van der Waals surface area contributed by atoms with Gasteiger partial charge in [0.15, 0.2) is 23.0 Å². The monoisotopic (exact) mass is 932 g/mol. The van der Waals surface area contributed by atoms with Crippen LogP contribution in [0.3, 0.4) is 0 Å². The van der Waals surface area contributed by atoms with Crippen LogP contribution in [0.5, 0.6) is 11.5 Å². The Morgan fingerprint density at radius 2 is 1.00 bits per heavy atom. The highest BCUT2D eigenvalue weighted by molar-refractivity contribution is 7.39. The minimum atomic E-state index is -1.59. The molecule has 66 heavy (non-hydrogen) atoms. The van der Waals surface area contributed by atoms with Gasteiger partial charge >= 0.3 is 27.9 Å². The van der Waals surface area contributed by atoms with Crippen LogP contribution >= 0.6 is 16.0 Å². The van der Waals surface area contributed by atoms with Crippen molar-refractivity contribution in [3.63, 3.8) is 0 Å². The van der Waals surface area contributed by atoms with Gasteiger partial charge < -0.3 is 9.47 Å². The van der Waals surface area contributed by atoms with Crippen LogP contribution < -0.4 is 19.5 Å². The molecule has 0 fully saturated rings. The van der Waals surface area contributed by atoms with Gasteiger partial charge in [-0.1, -0.05) is 129 Å². The molecule has 10 heteroatoms. The molecule has 4 aliphatic rings. The SMILES string of the molecule is CCCCCCOC(=O)CCCC(C)(C)c1cc(O[P+]2=c3ccccc3=C3CC=CC=C3O2)c(C(C)(C)CCCC(=O)OCCCCCC)cc1O[P+]1=c2ccccc2=C2CC=CC=C2O1. The highest BCUT2D eigenvalue weighted by atomic mass is 31.1. The molecule has 2 aliphatic carbocycles. The number of unbranched alkanes of at least 4 members (excludes halogenated alkanes) is 6. The zero-order valence-electron chi connectivity index (χ0n) is 40.1. The van der Waals surface area contributed by atoms with E-state index in [4.69, 9.17) is 27.6 Å². The van der Waals surface area contributed by atoms with Crippen molar-refractivity contribution in [3.8, 4) is 11.5 Å². The van der Waals surface area contributed by atoms with Crippen LogP contribution in [0.15, 0.2) is 109 Å². The number of carbonyl (C=O) groups is 2. The van der Waals surface area contributed by atoms with Gasteiger partial charge in [0.25, 0.3) is 0 Å². The average molecular weight is 933 g/mol. The number of ether oxygens (including phenoxy) is 2. The van der Waals surface area contributed by atoms with E-state index in [2.05, 4.69) is 114 Å². The van der Waals surface area contributed by atoms with Gasteiger partial charge in [-0.15, -0.1) is 0 Å². The van der Waals surface area contributed by atoms with Gasteiger partial charge in [0.1, 0.15) is 0 Å². The molecule has 3 aromatic carbocycles. The van der Waals surface area contributed by atoms with Crippen LogP contribution in [-0.4, -0.2) is 25.2 Å². The lowest BCUT2D eigenvalue weighted by molar-refractivity contribution is -0.144. The normalized spacial score (nSPS) is 16.2. The van der Waals surface area contributed by atoms with E-state index >= 15 is 0 Å². The van der Waals surface area contributed by atoms with Crippen molar-refractivity contribution < 1.29 is 37.2 Å². The smallest absolute Gasteiger partial charge is 0.466 e. The molecule has 0 radical (unpaired) electrons. The lowest BCUT2D eigenvalue weighted by Gasteiger charge is -2.31. The quantitative estimate of drug-likeness (QED) is 0.0498. The fourth-order valence-corrected chi connectivity index (χ4v) is 12.1. The standard InChI is InChI=1S/C56H70O8P2/c1-7-9-11-21-37-59-53(57)33-23-35-55(3,4)45-39-50(64-66-52-32-20-16-28-44(52)42-26-14-18-30-48(42)62-66)46(56(5,6)36-24-34-54(58)60-38-22-12-10-8-2)40-49(45)63-65-51-31-19-15-27-43(51)41-25-13-17-29-47(41)61-65/h13-20,27-32,39-40H,7-12,21-26,33-38H2,1-6H3/q+2. The van der Waals surface area contributed by atoms with E-state index in [0.717, 1.165) is 118 Å². The number of hydrogen-bond acceptors (Lipinski definition) is 8. The molecule has 0 saturated carbocycles. The molecule has 0 N–H and O–H groups in total. The molecule has 2 aliphatic heterocycles. The van der Waals surface area contributed by atoms with Gasteiger partial charge in [-0.2, -0.15) is 0 Å². The first-order valence-electron chi connectivity index (χ1n) is 24.5. The van der Waals surface area contributed by atoms with Crippen LogP contribution in [0, 0.1) is 9.88 Å². The molecular formula is C56H70O8P2+2. The van der Waals surface area contributed by atoms with Gasteiger partial charge in [0, 0.05) is 45.6 Å². The van der Waals surface area contributed by atoms with E-state index in [1.165, 1.54) is 0 Å². The predicted molar refractivity (Wildman–Crippen MR) is 268 cm³/mol. The predicted octanol–water partition coefficient (Wildman–Crippen LogP) is 14.2. The van der Waals surface area contributed by atoms with Crippen LogP contribution in [0.4, 0.5) is 0 Å². The maximum Gasteiger partial charge on any atom is 0.542 e. The van der Waals surface area contributed by atoms with E-state index in [-0.39, 0.29) is 11.9 Å². The maximum atomic E-state index is 13.0. The van der Waals surface area contributed by atoms with Crippen LogP contribution in [0.2, 0.25) is 0 Å². The Morgan fingerprint density at radius 3 is 1.42 bits per heavy atom. The Labute approximate surface area is 394 Å². The second-order valence-corrected chi connectivity index (χ2v) is 21.8. The molecule has 2 heterocycles. The maximum absolute atomic E-state index is 13.0. The molecule has 0 spiro atoms. The Balaban J connectivity index is 1.30. The zero-order chi connectivity index (χ0) is 46.5. The number of esters is 2. The summed E-state index contributed by atoms with van der Waals surface area (Å²) in [7, 11) is -3.18. The third-order valence-electron chi connectivity index (χ3n) is 13.0. The summed E-state index contributed by atoms with van der Waals surface area (Å²) >= 11 is 0. The summed E-state index contributed by atoms with van der Waals surface area (Å²) in [6.45, 7) is 14.2. The molecule has 7 rings (SSSR count). The van der Waals surface area contributed by atoms with Crippen molar-refractivity contribution in [1.29, 1.82) is 0 Å². The molecular weight excluding hydrogens is 863 g/mol. The van der Waals surface area contributed by atoms with Crippen LogP contribution in [-0.2, 0) is 38.9 Å². The van der Waals surface area contributed by atoms with E-state index < -0.39 is 26.8 Å². The molecule has 3 aromatic rings. The fraction of sp³-hybridized carbons (Fsp3) is 0.464. The molecule has 8 nitrogen and oxygen atoms in total. The molecule has 2 atom stereocenters. The van der Waals surface area contributed by atoms with Crippen molar-refractivity contribution >= 4 is 39.1 Å². The summed E-state index contributed by atoms with van der Waals surface area (Å²) in [5.74, 6) is 2.80. The number of hydrogen-bond donors (Lipinski definition) is 0. The van der Waals surface area contributed by atoms with Crippen molar-refractivity contribution in [3.05, 3.63) is 140 Å². The van der Waals surface area contributed by atoms with E-state index in [1.807, 2.05) is 24.3 Å². The summed E-state index contributed by atoms with van der Waals surface area (Å²) in [6, 6.07) is 21.2. The number of rotatable bonds is 24. The molecule has 350 valence electrons. The van der Waals surface area contributed by atoms with E-state index in [1.54, 1.807) is 0 Å². The van der Waals surface area contributed by atoms with E-state index in [0.29, 0.717) is 63.2 Å². The summed E-state index contributed by atoms with van der Waals surface area (Å²) in [6.07, 6.45) is 25.9. The Bertz CT molecular complexity index is 2450. The number of benzene rings is 3. The zero-order valence-corrected chi connectivity index (χ0v) is 41.9. The van der Waals surface area contributed by atoms with Gasteiger partial charge in [-0.3, -0.25) is 27.7 Å². The third kappa shape index (κ3) is 12.3. The van der Waals surface area contributed by atoms with E-state index in [9.17, 15) is 9.59 Å². The number of fused-ring (bicyclic) bond motifs is 4. The van der Waals surface area contributed by atoms with Crippen molar-refractivity contribution in [2.24, 2.45) is 0 Å². The summed E-state index contributed by atoms with van der Waals surface area (Å²) in [4.78, 5) is 28.0. The van der Waals surface area contributed by atoms with Crippen LogP contribution in [0.25, 0.3) is 11.1 Å². The first kappa shape index (κ1) is 49.0. The number of carbonyl (C=O) groups excluding carboxylic acids is 2. The number of allylic oxidation sites excluding steroid dienone is 8. The largest absolute Gasteiger partial charge is 0.542 e. The summed E-state index contributed by atoms with van der Waals surface area (Å²) in [5, 5.41) is 2.30. The lowest BCUT2D eigenvalue weighted by atomic mass is 9.75. The summed E-state index contributed by atoms with van der Waals surface area (Å²) in [5.41, 5.74) is 3.31. The molecule has 0 amide bonds. The van der Waals surface area contributed by atoms with Crippen molar-refractivity contribution in [1.82, 2.24) is 0 Å². The van der Waals surface area contributed by atoms with Gasteiger partial charge in [-0.05, 0) is 111 Å². The highest BCUT2D eigenvalue weighted by Crippen LogP contribution is 2.51. The van der Waals surface area contributed by atoms with Gasteiger partial charge in [0.2, 0.25) is 9.88 Å². The molecule has 0 saturated heterocycles. The lowest BCUT2D eigenvalue weighted by Crippen LogP contribution is -2.23. The minimum absolute atomic E-state index is 0.156. The first-order valence-corrected chi connectivity index (χ1v) is 26.8. The average Bonchev–Trinajstić information content (AvgIpc) is 3.31. The Kier molecular flexibility index (Phi) is 17.2.